The van der Waals surface area contributed by atoms with Crippen molar-refractivity contribution in [3.8, 4) is 0 Å². The minimum atomic E-state index is -1.69. The van der Waals surface area contributed by atoms with E-state index in [0.717, 1.165) is 0 Å². The van der Waals surface area contributed by atoms with Crippen LogP contribution in [-0.4, -0.2) is 27.6 Å². The lowest BCUT2D eigenvalue weighted by molar-refractivity contribution is -0.139. The molecule has 110 valence electrons. The maximum atomic E-state index is 12.0. The second-order valence-corrected chi connectivity index (χ2v) is 6.01. The molecule has 0 bridgehead atoms. The number of Topliss-reactive ketones (excluding diaryl/α,β-unsaturated/α-hetero) is 1. The first-order chi connectivity index (χ1) is 9.00. The number of carboxylic acid groups (broad SMARTS) is 1. The molecule has 0 aromatic heterocycles. The summed E-state index contributed by atoms with van der Waals surface area (Å²) in [7, 11) is 0. The molecule has 2 N–H and O–H groups in total. The Labute approximate surface area is 119 Å². The first-order valence-corrected chi connectivity index (χ1v) is 6.51. The van der Waals surface area contributed by atoms with Gasteiger partial charge in [0.25, 0.3) is 0 Å². The van der Waals surface area contributed by atoms with Crippen molar-refractivity contribution in [1.29, 1.82) is 0 Å². The molecule has 0 saturated heterocycles. The van der Waals surface area contributed by atoms with Gasteiger partial charge in [-0.15, -0.1) is 0 Å². The van der Waals surface area contributed by atoms with Crippen LogP contribution in [0.4, 0.5) is 0 Å². The summed E-state index contributed by atoms with van der Waals surface area (Å²) < 4.78 is 0. The number of hydrogen-bond donors (Lipinski definition) is 2. The van der Waals surface area contributed by atoms with E-state index in [1.807, 2.05) is 0 Å². The van der Waals surface area contributed by atoms with Gasteiger partial charge in [0.1, 0.15) is 5.60 Å². The van der Waals surface area contributed by atoms with E-state index in [2.05, 4.69) is 6.58 Å². The summed E-state index contributed by atoms with van der Waals surface area (Å²) >= 11 is 0. The van der Waals surface area contributed by atoms with Gasteiger partial charge in [-0.2, -0.15) is 0 Å². The molecule has 1 rings (SSSR count). The van der Waals surface area contributed by atoms with Gasteiger partial charge in [0, 0.05) is 11.8 Å². The predicted molar refractivity (Wildman–Crippen MR) is 77.3 cm³/mol. The average molecular weight is 278 g/mol. The first-order valence-electron chi connectivity index (χ1n) is 6.51. The van der Waals surface area contributed by atoms with Crippen molar-refractivity contribution in [1.82, 2.24) is 0 Å². The molecule has 0 radical (unpaired) electrons. The van der Waals surface area contributed by atoms with Gasteiger partial charge in [0.2, 0.25) is 0 Å². The SMILES string of the molecule is C=C/C(C)=C(/C(=O)O)[C@@]1(O)C(C)=C(C)C(=O)CC1(C)C. The lowest BCUT2D eigenvalue weighted by Gasteiger charge is -2.47. The predicted octanol–water partition coefficient (Wildman–Crippen LogP) is 2.64. The van der Waals surface area contributed by atoms with Crippen LogP contribution in [0.2, 0.25) is 0 Å². The maximum absolute atomic E-state index is 12.0. The van der Waals surface area contributed by atoms with Gasteiger partial charge in [-0.1, -0.05) is 26.5 Å². The van der Waals surface area contributed by atoms with Crippen molar-refractivity contribution in [2.45, 2.75) is 46.6 Å². The van der Waals surface area contributed by atoms with E-state index in [9.17, 15) is 19.8 Å². The second kappa shape index (κ2) is 5.02. The summed E-state index contributed by atoms with van der Waals surface area (Å²) in [6.45, 7) is 11.8. The van der Waals surface area contributed by atoms with Crippen LogP contribution < -0.4 is 0 Å². The van der Waals surface area contributed by atoms with Crippen LogP contribution in [0.15, 0.2) is 34.9 Å². The highest BCUT2D eigenvalue weighted by atomic mass is 16.4. The number of carbonyl (C=O) groups excluding carboxylic acids is 1. The van der Waals surface area contributed by atoms with Crippen LogP contribution in [0, 0.1) is 5.41 Å². The standard InChI is InChI=1S/C16H22O4/c1-7-9(2)13(14(18)19)16(20)11(4)10(3)12(17)8-15(16,5)6/h7,20H,1,8H2,2-6H3,(H,18,19)/b13-9-/t16-/m0/s1. The zero-order valence-electron chi connectivity index (χ0n) is 12.7. The summed E-state index contributed by atoms with van der Waals surface area (Å²) in [5, 5.41) is 20.7. The molecule has 4 heteroatoms. The topological polar surface area (TPSA) is 74.6 Å². The number of ketones is 1. The summed E-state index contributed by atoms with van der Waals surface area (Å²) in [6, 6.07) is 0. The van der Waals surface area contributed by atoms with Crippen molar-refractivity contribution in [2.75, 3.05) is 0 Å². The van der Waals surface area contributed by atoms with E-state index in [4.69, 9.17) is 0 Å². The number of carbonyl (C=O) groups is 2. The van der Waals surface area contributed by atoms with Gasteiger partial charge in [0.15, 0.2) is 5.78 Å². The summed E-state index contributed by atoms with van der Waals surface area (Å²) in [4.78, 5) is 23.6. The number of allylic oxidation sites excluding steroid dienone is 3. The molecule has 0 saturated carbocycles. The number of carboxylic acids is 1. The normalized spacial score (nSPS) is 27.2. The Hall–Kier alpha value is -1.68. The van der Waals surface area contributed by atoms with Crippen LogP contribution in [0.1, 0.15) is 41.0 Å². The summed E-state index contributed by atoms with van der Waals surface area (Å²) in [5.41, 5.74) is -1.46. The van der Waals surface area contributed by atoms with Gasteiger partial charge in [0.05, 0.1) is 5.57 Å². The monoisotopic (exact) mass is 278 g/mol. The Bertz CT molecular complexity index is 549. The smallest absolute Gasteiger partial charge is 0.335 e. The van der Waals surface area contributed by atoms with Gasteiger partial charge in [-0.3, -0.25) is 4.79 Å². The zero-order chi connectivity index (χ0) is 15.9. The van der Waals surface area contributed by atoms with Crippen molar-refractivity contribution < 1.29 is 19.8 Å². The Balaban J connectivity index is 3.79. The molecule has 0 heterocycles. The molecule has 0 aromatic rings. The van der Waals surface area contributed by atoms with Crippen LogP contribution >= 0.6 is 0 Å². The van der Waals surface area contributed by atoms with Gasteiger partial charge in [-0.25, -0.2) is 4.79 Å². The van der Waals surface area contributed by atoms with E-state index in [-0.39, 0.29) is 17.8 Å². The highest BCUT2D eigenvalue weighted by Gasteiger charge is 2.54. The summed E-state index contributed by atoms with van der Waals surface area (Å²) in [6.07, 6.45) is 1.52. The van der Waals surface area contributed by atoms with Crippen molar-refractivity contribution in [3.63, 3.8) is 0 Å². The molecule has 0 fully saturated rings. The van der Waals surface area contributed by atoms with Crippen LogP contribution in [0.25, 0.3) is 0 Å². The molecule has 0 aromatic carbocycles. The minimum Gasteiger partial charge on any atom is -0.478 e. The van der Waals surface area contributed by atoms with Crippen LogP contribution in [-0.2, 0) is 9.59 Å². The fraction of sp³-hybridized carbons (Fsp3) is 0.500. The molecular formula is C16H22O4. The highest BCUT2D eigenvalue weighted by Crippen LogP contribution is 2.50. The van der Waals surface area contributed by atoms with Gasteiger partial charge < -0.3 is 10.2 Å². The minimum absolute atomic E-state index is 0.0573. The third kappa shape index (κ3) is 2.14. The molecule has 0 aliphatic heterocycles. The lowest BCUT2D eigenvalue weighted by atomic mass is 9.59. The van der Waals surface area contributed by atoms with Crippen molar-refractivity contribution in [3.05, 3.63) is 34.9 Å². The van der Waals surface area contributed by atoms with E-state index in [1.54, 1.807) is 34.6 Å². The molecule has 0 amide bonds. The van der Waals surface area contributed by atoms with E-state index in [0.29, 0.717) is 16.7 Å². The third-order valence-electron chi connectivity index (χ3n) is 4.38. The highest BCUT2D eigenvalue weighted by molar-refractivity contribution is 6.00. The van der Waals surface area contributed by atoms with E-state index in [1.165, 1.54) is 6.08 Å². The number of aliphatic hydroxyl groups is 1. The molecular weight excluding hydrogens is 256 g/mol. The molecule has 1 aliphatic rings. The lowest BCUT2D eigenvalue weighted by Crippen LogP contribution is -2.53. The molecule has 0 unspecified atom stereocenters. The third-order valence-corrected chi connectivity index (χ3v) is 4.38. The second-order valence-electron chi connectivity index (χ2n) is 6.01. The number of aliphatic carboxylic acids is 1. The summed E-state index contributed by atoms with van der Waals surface area (Å²) in [5.74, 6) is -1.25. The Morgan fingerprint density at radius 1 is 1.35 bits per heavy atom. The first kappa shape index (κ1) is 16.4. The Kier molecular flexibility index (Phi) is 4.11. The van der Waals surface area contributed by atoms with Crippen molar-refractivity contribution in [2.24, 2.45) is 5.41 Å². The average Bonchev–Trinajstić information content (AvgIpc) is 2.33. The van der Waals surface area contributed by atoms with Gasteiger partial charge in [-0.05, 0) is 37.5 Å². The Morgan fingerprint density at radius 3 is 2.25 bits per heavy atom. The Morgan fingerprint density at radius 2 is 1.85 bits per heavy atom. The van der Waals surface area contributed by atoms with E-state index < -0.39 is 17.0 Å². The van der Waals surface area contributed by atoms with Gasteiger partial charge >= 0.3 is 5.97 Å². The molecule has 1 aliphatic carbocycles. The largest absolute Gasteiger partial charge is 0.478 e. The molecule has 20 heavy (non-hydrogen) atoms. The van der Waals surface area contributed by atoms with Crippen LogP contribution in [0.5, 0.6) is 0 Å². The van der Waals surface area contributed by atoms with Crippen molar-refractivity contribution >= 4 is 11.8 Å². The molecule has 4 nitrogen and oxygen atoms in total. The number of hydrogen-bond acceptors (Lipinski definition) is 3. The fourth-order valence-corrected chi connectivity index (χ4v) is 2.89. The number of rotatable bonds is 3. The molecule has 1 atom stereocenters. The quantitative estimate of drug-likeness (QED) is 0.614. The molecule has 0 spiro atoms. The van der Waals surface area contributed by atoms with E-state index >= 15 is 0 Å². The maximum Gasteiger partial charge on any atom is 0.335 e. The fourth-order valence-electron chi connectivity index (χ4n) is 2.89. The zero-order valence-corrected chi connectivity index (χ0v) is 12.7. The van der Waals surface area contributed by atoms with Crippen LogP contribution in [0.3, 0.4) is 0 Å².